The van der Waals surface area contributed by atoms with Gasteiger partial charge in [0.1, 0.15) is 17.9 Å². The molecular weight excluding hydrogens is 318 g/mol. The molecule has 0 saturated heterocycles. The number of furan rings is 1. The molecule has 25 heavy (non-hydrogen) atoms. The van der Waals surface area contributed by atoms with Gasteiger partial charge >= 0.3 is 0 Å². The Balaban J connectivity index is 1.57. The molecule has 128 valence electrons. The molecule has 1 N–H and O–H groups in total. The molecule has 0 bridgehead atoms. The zero-order valence-corrected chi connectivity index (χ0v) is 14.0. The Labute approximate surface area is 145 Å². The second kappa shape index (κ2) is 6.61. The van der Waals surface area contributed by atoms with Gasteiger partial charge in [-0.1, -0.05) is 36.4 Å². The van der Waals surface area contributed by atoms with Gasteiger partial charge in [-0.25, -0.2) is 0 Å². The molecule has 2 heterocycles. The van der Waals surface area contributed by atoms with E-state index in [4.69, 9.17) is 13.9 Å². The number of ether oxygens (including phenoxy) is 2. The van der Waals surface area contributed by atoms with E-state index in [9.17, 15) is 4.79 Å². The van der Waals surface area contributed by atoms with E-state index in [1.807, 2.05) is 48.5 Å². The molecule has 0 aliphatic carbocycles. The Morgan fingerprint density at radius 3 is 2.88 bits per heavy atom. The molecule has 3 aromatic rings. The molecular formula is C20H19NO4. The summed E-state index contributed by atoms with van der Waals surface area (Å²) in [5, 5.41) is 3.93. The van der Waals surface area contributed by atoms with Crippen LogP contribution in [0.25, 0.3) is 11.0 Å². The highest BCUT2D eigenvalue weighted by Crippen LogP contribution is 2.28. The average molecular weight is 337 g/mol. The topological polar surface area (TPSA) is 60.7 Å². The van der Waals surface area contributed by atoms with Gasteiger partial charge in [0.15, 0.2) is 5.76 Å². The lowest BCUT2D eigenvalue weighted by Gasteiger charge is -2.25. The monoisotopic (exact) mass is 337 g/mol. The van der Waals surface area contributed by atoms with Crippen LogP contribution in [0.2, 0.25) is 0 Å². The van der Waals surface area contributed by atoms with Crippen LogP contribution in [0.3, 0.4) is 0 Å². The third-order valence-electron chi connectivity index (χ3n) is 4.41. The Hall–Kier alpha value is -2.79. The summed E-state index contributed by atoms with van der Waals surface area (Å²) in [7, 11) is 1.61. The van der Waals surface area contributed by atoms with E-state index in [0.29, 0.717) is 24.6 Å². The highest BCUT2D eigenvalue weighted by Gasteiger charge is 2.25. The smallest absolute Gasteiger partial charge is 0.287 e. The van der Waals surface area contributed by atoms with Crippen LogP contribution in [0.4, 0.5) is 0 Å². The fourth-order valence-corrected chi connectivity index (χ4v) is 3.24. The van der Waals surface area contributed by atoms with Crippen molar-refractivity contribution in [2.75, 3.05) is 13.7 Å². The fraction of sp³-hybridized carbons (Fsp3) is 0.250. The van der Waals surface area contributed by atoms with Crippen LogP contribution in [-0.2, 0) is 17.8 Å². The van der Waals surface area contributed by atoms with Gasteiger partial charge in [0.2, 0.25) is 0 Å². The standard InChI is InChI=1S/C20H19NO4/c1-23-12-16-15-7-3-5-9-18(15)25-19(16)20(22)21-14-10-13-6-2-4-8-17(13)24-11-14/h2-9,14H,10-12H2,1H3,(H,21,22)/t14-/m1/s1. The Morgan fingerprint density at radius 2 is 2.00 bits per heavy atom. The molecule has 4 rings (SSSR count). The summed E-state index contributed by atoms with van der Waals surface area (Å²) in [5.41, 5.74) is 2.55. The summed E-state index contributed by atoms with van der Waals surface area (Å²) in [5.74, 6) is 0.954. The lowest BCUT2D eigenvalue weighted by molar-refractivity contribution is 0.0883. The molecule has 5 nitrogen and oxygen atoms in total. The minimum atomic E-state index is -0.240. The number of fused-ring (bicyclic) bond motifs is 2. The normalized spacial score (nSPS) is 16.3. The molecule has 1 aromatic heterocycles. The lowest BCUT2D eigenvalue weighted by Crippen LogP contribution is -2.42. The predicted molar refractivity (Wildman–Crippen MR) is 93.8 cm³/mol. The molecule has 5 heteroatoms. The minimum Gasteiger partial charge on any atom is -0.491 e. The number of benzene rings is 2. The van der Waals surface area contributed by atoms with E-state index < -0.39 is 0 Å². The quantitative estimate of drug-likeness (QED) is 0.793. The van der Waals surface area contributed by atoms with Crippen molar-refractivity contribution in [3.05, 3.63) is 65.4 Å². The van der Waals surface area contributed by atoms with Gasteiger partial charge in [-0.15, -0.1) is 0 Å². The summed E-state index contributed by atoms with van der Waals surface area (Å²) in [6.45, 7) is 0.770. The highest BCUT2D eigenvalue weighted by molar-refractivity contribution is 5.99. The number of amides is 1. The Bertz CT molecular complexity index is 915. The third-order valence-corrected chi connectivity index (χ3v) is 4.41. The number of nitrogens with one attached hydrogen (secondary N) is 1. The summed E-state index contributed by atoms with van der Waals surface area (Å²) in [6.07, 6.45) is 0.738. The molecule has 1 aliphatic heterocycles. The average Bonchev–Trinajstić information content (AvgIpc) is 3.01. The molecule has 1 atom stereocenters. The van der Waals surface area contributed by atoms with Crippen LogP contribution >= 0.6 is 0 Å². The van der Waals surface area contributed by atoms with Crippen LogP contribution in [0, 0.1) is 0 Å². The summed E-state index contributed by atoms with van der Waals surface area (Å²) < 4.78 is 16.8. The molecule has 1 amide bonds. The van der Waals surface area contributed by atoms with Gasteiger partial charge in [0.05, 0.1) is 12.6 Å². The number of carbonyl (C=O) groups excluding carboxylic acids is 1. The largest absolute Gasteiger partial charge is 0.491 e. The summed E-state index contributed by atoms with van der Waals surface area (Å²) in [6, 6.07) is 15.4. The van der Waals surface area contributed by atoms with Gasteiger partial charge in [-0.05, 0) is 24.1 Å². The van der Waals surface area contributed by atoms with Gasteiger partial charge in [0, 0.05) is 18.1 Å². The second-order valence-corrected chi connectivity index (χ2v) is 6.13. The van der Waals surface area contributed by atoms with E-state index >= 15 is 0 Å². The SMILES string of the molecule is COCc1c(C(=O)N[C@H]2COc3ccccc3C2)oc2ccccc12. The van der Waals surface area contributed by atoms with E-state index in [0.717, 1.165) is 28.7 Å². The Morgan fingerprint density at radius 1 is 1.20 bits per heavy atom. The zero-order valence-electron chi connectivity index (χ0n) is 14.0. The van der Waals surface area contributed by atoms with Gasteiger partial charge < -0.3 is 19.2 Å². The first-order valence-electron chi connectivity index (χ1n) is 8.27. The maximum absolute atomic E-state index is 12.8. The minimum absolute atomic E-state index is 0.0917. The number of para-hydroxylation sites is 2. The number of methoxy groups -OCH3 is 1. The number of hydrogen-bond acceptors (Lipinski definition) is 4. The molecule has 0 unspecified atom stereocenters. The van der Waals surface area contributed by atoms with E-state index in [1.165, 1.54) is 0 Å². The second-order valence-electron chi connectivity index (χ2n) is 6.13. The van der Waals surface area contributed by atoms with Crippen molar-refractivity contribution >= 4 is 16.9 Å². The fourth-order valence-electron chi connectivity index (χ4n) is 3.24. The van der Waals surface area contributed by atoms with Crippen molar-refractivity contribution < 1.29 is 18.7 Å². The van der Waals surface area contributed by atoms with Gasteiger partial charge in [-0.2, -0.15) is 0 Å². The first-order valence-corrected chi connectivity index (χ1v) is 8.27. The van der Waals surface area contributed by atoms with E-state index in [-0.39, 0.29) is 11.9 Å². The molecule has 0 fully saturated rings. The highest BCUT2D eigenvalue weighted by atomic mass is 16.5. The molecule has 0 radical (unpaired) electrons. The number of carbonyl (C=O) groups is 1. The van der Waals surface area contributed by atoms with E-state index in [2.05, 4.69) is 5.32 Å². The predicted octanol–water partition coefficient (Wildman–Crippen LogP) is 3.31. The maximum Gasteiger partial charge on any atom is 0.287 e. The van der Waals surface area contributed by atoms with Crippen molar-refractivity contribution in [2.24, 2.45) is 0 Å². The molecule has 0 saturated carbocycles. The summed E-state index contributed by atoms with van der Waals surface area (Å²) >= 11 is 0. The molecule has 0 spiro atoms. The third kappa shape index (κ3) is 2.98. The first kappa shape index (κ1) is 15.7. The number of hydrogen-bond donors (Lipinski definition) is 1. The van der Waals surface area contributed by atoms with Crippen LogP contribution in [0.5, 0.6) is 5.75 Å². The van der Waals surface area contributed by atoms with Crippen molar-refractivity contribution in [2.45, 2.75) is 19.1 Å². The van der Waals surface area contributed by atoms with Crippen molar-refractivity contribution in [1.82, 2.24) is 5.32 Å². The Kier molecular flexibility index (Phi) is 4.15. The maximum atomic E-state index is 12.8. The van der Waals surface area contributed by atoms with Crippen molar-refractivity contribution in [1.29, 1.82) is 0 Å². The van der Waals surface area contributed by atoms with E-state index in [1.54, 1.807) is 7.11 Å². The van der Waals surface area contributed by atoms with Crippen LogP contribution < -0.4 is 10.1 Å². The summed E-state index contributed by atoms with van der Waals surface area (Å²) in [4.78, 5) is 12.8. The van der Waals surface area contributed by atoms with Crippen LogP contribution in [0.1, 0.15) is 21.7 Å². The first-order chi connectivity index (χ1) is 12.3. The zero-order chi connectivity index (χ0) is 17.2. The van der Waals surface area contributed by atoms with Crippen molar-refractivity contribution in [3.8, 4) is 5.75 Å². The van der Waals surface area contributed by atoms with Crippen LogP contribution in [0.15, 0.2) is 52.9 Å². The molecule has 2 aromatic carbocycles. The van der Waals surface area contributed by atoms with Crippen LogP contribution in [-0.4, -0.2) is 25.7 Å². The number of rotatable bonds is 4. The van der Waals surface area contributed by atoms with Crippen molar-refractivity contribution in [3.63, 3.8) is 0 Å². The van der Waals surface area contributed by atoms with Gasteiger partial charge in [-0.3, -0.25) is 4.79 Å². The van der Waals surface area contributed by atoms with Gasteiger partial charge in [0.25, 0.3) is 5.91 Å². The molecule has 1 aliphatic rings. The lowest BCUT2D eigenvalue weighted by atomic mass is 10.0.